The highest BCUT2D eigenvalue weighted by Gasteiger charge is 2.14. The van der Waals surface area contributed by atoms with Crippen molar-refractivity contribution < 1.29 is 4.79 Å². The second kappa shape index (κ2) is 5.08. The highest BCUT2D eigenvalue weighted by atomic mass is 16.1. The molecule has 0 aliphatic heterocycles. The molecule has 100 valence electrons. The van der Waals surface area contributed by atoms with E-state index in [0.717, 1.165) is 16.9 Å². The predicted octanol–water partition coefficient (Wildman–Crippen LogP) is 1.84. The summed E-state index contributed by atoms with van der Waals surface area (Å²) in [5, 5.41) is 10.2. The smallest absolute Gasteiger partial charge is 0.253 e. The lowest BCUT2D eigenvalue weighted by molar-refractivity contribution is 0.0938. The van der Waals surface area contributed by atoms with E-state index in [4.69, 9.17) is 0 Å². The van der Waals surface area contributed by atoms with Gasteiger partial charge < -0.3 is 10.3 Å². The lowest BCUT2D eigenvalue weighted by Crippen LogP contribution is -2.27. The normalized spacial score (nSPS) is 12.2. The van der Waals surface area contributed by atoms with Gasteiger partial charge in [-0.25, -0.2) is 4.98 Å². The molecular weight excluding hydrogens is 254 g/mol. The summed E-state index contributed by atoms with van der Waals surface area (Å²) in [7, 11) is 0. The standard InChI is InChI=1S/C14H13N5O/c1-9(17-14(20)10-6-7-15-16-8-10)13-18-11-4-2-3-5-12(11)19-13/h2-9H,1H3,(H,17,20)(H,18,19). The number of hydrogen-bond donors (Lipinski definition) is 2. The van der Waals surface area contributed by atoms with Crippen LogP contribution < -0.4 is 5.32 Å². The molecule has 6 heteroatoms. The number of aromatic amines is 1. The third-order valence-electron chi connectivity index (χ3n) is 3.01. The SMILES string of the molecule is CC(NC(=O)c1ccnnc1)c1nc2ccccc2[nH]1. The molecule has 1 amide bonds. The molecule has 0 spiro atoms. The van der Waals surface area contributed by atoms with E-state index in [9.17, 15) is 4.79 Å². The summed E-state index contributed by atoms with van der Waals surface area (Å²) >= 11 is 0. The molecule has 3 aromatic rings. The van der Waals surface area contributed by atoms with E-state index in [1.807, 2.05) is 31.2 Å². The van der Waals surface area contributed by atoms with Crippen molar-refractivity contribution in [1.82, 2.24) is 25.5 Å². The Morgan fingerprint density at radius 2 is 2.10 bits per heavy atom. The van der Waals surface area contributed by atoms with Gasteiger partial charge in [-0.2, -0.15) is 10.2 Å². The Hall–Kier alpha value is -2.76. The molecule has 1 atom stereocenters. The van der Waals surface area contributed by atoms with E-state index in [-0.39, 0.29) is 11.9 Å². The number of benzene rings is 1. The van der Waals surface area contributed by atoms with Crippen molar-refractivity contribution in [2.75, 3.05) is 0 Å². The maximum absolute atomic E-state index is 12.0. The van der Waals surface area contributed by atoms with Gasteiger partial charge >= 0.3 is 0 Å². The minimum Gasteiger partial charge on any atom is -0.342 e. The molecular formula is C14H13N5O. The number of rotatable bonds is 3. The van der Waals surface area contributed by atoms with Crippen LogP contribution in [0.2, 0.25) is 0 Å². The Morgan fingerprint density at radius 1 is 1.25 bits per heavy atom. The Morgan fingerprint density at radius 3 is 2.85 bits per heavy atom. The highest BCUT2D eigenvalue weighted by molar-refractivity contribution is 5.94. The zero-order valence-corrected chi connectivity index (χ0v) is 10.9. The van der Waals surface area contributed by atoms with Crippen molar-refractivity contribution in [1.29, 1.82) is 0 Å². The van der Waals surface area contributed by atoms with E-state index in [0.29, 0.717) is 5.56 Å². The highest BCUT2D eigenvalue weighted by Crippen LogP contribution is 2.15. The number of hydrogen-bond acceptors (Lipinski definition) is 4. The summed E-state index contributed by atoms with van der Waals surface area (Å²) in [5.41, 5.74) is 2.31. The molecule has 0 saturated carbocycles. The van der Waals surface area contributed by atoms with Gasteiger partial charge in [0.1, 0.15) is 5.82 Å². The summed E-state index contributed by atoms with van der Waals surface area (Å²) in [5.74, 6) is 0.523. The quantitative estimate of drug-likeness (QED) is 0.758. The molecule has 0 radical (unpaired) electrons. The Bertz CT molecular complexity index is 704. The molecule has 6 nitrogen and oxygen atoms in total. The third-order valence-corrected chi connectivity index (χ3v) is 3.01. The summed E-state index contributed by atoms with van der Waals surface area (Å²) in [6.45, 7) is 1.88. The first-order valence-electron chi connectivity index (χ1n) is 6.26. The fourth-order valence-corrected chi connectivity index (χ4v) is 1.95. The van der Waals surface area contributed by atoms with Gasteiger partial charge in [0.15, 0.2) is 0 Å². The van der Waals surface area contributed by atoms with Crippen LogP contribution in [0, 0.1) is 0 Å². The van der Waals surface area contributed by atoms with Gasteiger partial charge in [0.2, 0.25) is 0 Å². The summed E-state index contributed by atoms with van der Waals surface area (Å²) in [4.78, 5) is 19.7. The molecule has 2 aromatic heterocycles. The minimum absolute atomic E-state index is 0.201. The first-order valence-corrected chi connectivity index (χ1v) is 6.26. The van der Waals surface area contributed by atoms with Crippen molar-refractivity contribution >= 4 is 16.9 Å². The number of para-hydroxylation sites is 2. The van der Waals surface area contributed by atoms with Crippen LogP contribution in [0.3, 0.4) is 0 Å². The molecule has 0 fully saturated rings. The van der Waals surface area contributed by atoms with Gasteiger partial charge in [0.25, 0.3) is 5.91 Å². The lowest BCUT2D eigenvalue weighted by Gasteiger charge is -2.10. The van der Waals surface area contributed by atoms with E-state index in [2.05, 4.69) is 25.5 Å². The zero-order chi connectivity index (χ0) is 13.9. The third kappa shape index (κ3) is 2.35. The van der Waals surface area contributed by atoms with Crippen LogP contribution in [-0.4, -0.2) is 26.1 Å². The zero-order valence-electron chi connectivity index (χ0n) is 10.9. The molecule has 0 aliphatic rings. The van der Waals surface area contributed by atoms with E-state index >= 15 is 0 Å². The molecule has 3 rings (SSSR count). The minimum atomic E-state index is -0.219. The van der Waals surface area contributed by atoms with E-state index in [1.165, 1.54) is 12.4 Å². The lowest BCUT2D eigenvalue weighted by atomic mass is 10.2. The van der Waals surface area contributed by atoms with Gasteiger partial charge in [-0.15, -0.1) is 0 Å². The number of amides is 1. The fraction of sp³-hybridized carbons (Fsp3) is 0.143. The van der Waals surface area contributed by atoms with Gasteiger partial charge in [0.05, 0.1) is 35.0 Å². The monoisotopic (exact) mass is 267 g/mol. The van der Waals surface area contributed by atoms with Crippen LogP contribution in [0.25, 0.3) is 11.0 Å². The number of nitrogens with zero attached hydrogens (tertiary/aromatic N) is 3. The maximum atomic E-state index is 12.0. The van der Waals surface area contributed by atoms with E-state index in [1.54, 1.807) is 6.07 Å². The van der Waals surface area contributed by atoms with Crippen molar-refractivity contribution in [3.8, 4) is 0 Å². The fourth-order valence-electron chi connectivity index (χ4n) is 1.95. The van der Waals surface area contributed by atoms with Gasteiger partial charge in [-0.3, -0.25) is 4.79 Å². The summed E-state index contributed by atoms with van der Waals surface area (Å²) < 4.78 is 0. The Labute approximate surface area is 115 Å². The van der Waals surface area contributed by atoms with Crippen LogP contribution in [0.4, 0.5) is 0 Å². The van der Waals surface area contributed by atoms with Crippen molar-refractivity contribution in [2.24, 2.45) is 0 Å². The summed E-state index contributed by atoms with van der Waals surface area (Å²) in [6, 6.07) is 9.15. The Kier molecular flexibility index (Phi) is 3.12. The number of nitrogens with one attached hydrogen (secondary N) is 2. The number of fused-ring (bicyclic) bond motifs is 1. The molecule has 1 aromatic carbocycles. The molecule has 20 heavy (non-hydrogen) atoms. The molecule has 1 unspecified atom stereocenters. The van der Waals surface area contributed by atoms with Crippen LogP contribution in [0.1, 0.15) is 29.1 Å². The summed E-state index contributed by atoms with van der Waals surface area (Å²) in [6.07, 6.45) is 2.92. The van der Waals surface area contributed by atoms with E-state index < -0.39 is 0 Å². The number of carbonyl (C=O) groups excluding carboxylic acids is 1. The number of aromatic nitrogens is 4. The van der Waals surface area contributed by atoms with Crippen LogP contribution in [0.15, 0.2) is 42.7 Å². The molecule has 0 bridgehead atoms. The molecule has 2 N–H and O–H groups in total. The maximum Gasteiger partial charge on any atom is 0.253 e. The topological polar surface area (TPSA) is 83.6 Å². The van der Waals surface area contributed by atoms with Crippen molar-refractivity contribution in [3.05, 3.63) is 54.1 Å². The first-order chi connectivity index (χ1) is 9.74. The predicted molar refractivity (Wildman–Crippen MR) is 74.0 cm³/mol. The average molecular weight is 267 g/mol. The molecule has 2 heterocycles. The van der Waals surface area contributed by atoms with Crippen LogP contribution in [0.5, 0.6) is 0 Å². The number of carbonyl (C=O) groups is 1. The van der Waals surface area contributed by atoms with Crippen molar-refractivity contribution in [2.45, 2.75) is 13.0 Å². The number of H-pyrrole nitrogens is 1. The van der Waals surface area contributed by atoms with Gasteiger partial charge in [-0.05, 0) is 25.1 Å². The van der Waals surface area contributed by atoms with Crippen LogP contribution >= 0.6 is 0 Å². The van der Waals surface area contributed by atoms with Gasteiger partial charge in [0, 0.05) is 0 Å². The molecule has 0 aliphatic carbocycles. The van der Waals surface area contributed by atoms with Gasteiger partial charge in [-0.1, -0.05) is 12.1 Å². The Balaban J connectivity index is 1.79. The first kappa shape index (κ1) is 12.3. The van der Waals surface area contributed by atoms with Crippen molar-refractivity contribution in [3.63, 3.8) is 0 Å². The second-order valence-corrected chi connectivity index (χ2v) is 4.47. The number of imidazole rings is 1. The van der Waals surface area contributed by atoms with Crippen LogP contribution in [-0.2, 0) is 0 Å². The average Bonchev–Trinajstić information content (AvgIpc) is 2.92. The second-order valence-electron chi connectivity index (χ2n) is 4.47. The molecule has 0 saturated heterocycles. The largest absolute Gasteiger partial charge is 0.342 e.